The fourth-order valence-corrected chi connectivity index (χ4v) is 4.46. The lowest BCUT2D eigenvalue weighted by Gasteiger charge is -2.25. The van der Waals surface area contributed by atoms with Crippen LogP contribution in [0, 0.1) is 0 Å². The van der Waals surface area contributed by atoms with E-state index in [1.54, 1.807) is 43.0 Å². The van der Waals surface area contributed by atoms with E-state index < -0.39 is 0 Å². The Labute approximate surface area is 176 Å². The van der Waals surface area contributed by atoms with Gasteiger partial charge in [-0.3, -0.25) is 0 Å². The number of benzene rings is 2. The van der Waals surface area contributed by atoms with Crippen LogP contribution in [0.5, 0.6) is 0 Å². The minimum atomic E-state index is -0.361. The molecule has 2 amide bonds. The van der Waals surface area contributed by atoms with Gasteiger partial charge in [0.2, 0.25) is 0 Å². The van der Waals surface area contributed by atoms with E-state index in [0.717, 1.165) is 11.3 Å². The summed E-state index contributed by atoms with van der Waals surface area (Å²) in [6.07, 6.45) is 0. The van der Waals surface area contributed by atoms with Crippen molar-refractivity contribution < 1.29 is 14.3 Å². The summed E-state index contributed by atoms with van der Waals surface area (Å²) in [6, 6.07) is 15.2. The minimum Gasteiger partial charge on any atom is -0.462 e. The Morgan fingerprint density at radius 3 is 2.34 bits per heavy atom. The summed E-state index contributed by atoms with van der Waals surface area (Å²) in [6.45, 7) is 9.39. The molecule has 1 fully saturated rings. The zero-order valence-electron chi connectivity index (χ0n) is 17.4. The Balaban J connectivity index is 1.68. The highest BCUT2D eigenvalue weighted by Crippen LogP contribution is 2.38. The van der Waals surface area contributed by atoms with E-state index in [-0.39, 0.29) is 22.8 Å². The number of amides is 2. The molecule has 0 spiro atoms. The van der Waals surface area contributed by atoms with Gasteiger partial charge in [0.1, 0.15) is 5.37 Å². The standard InChI is InChI=1S/C23H28N2O3S/c1-5-28-21(26)17-8-12-19(13-9-17)24-22(27)25-14-15-29-20(25)16-6-10-18(11-7-16)23(2,3)4/h6-13,20H,5,14-15H2,1-4H3,(H,24,27)/t20-/m1/s1. The number of esters is 1. The van der Waals surface area contributed by atoms with E-state index in [4.69, 9.17) is 4.74 Å². The molecular weight excluding hydrogens is 384 g/mol. The Morgan fingerprint density at radius 1 is 1.10 bits per heavy atom. The average Bonchev–Trinajstić information content (AvgIpc) is 3.18. The number of anilines is 1. The van der Waals surface area contributed by atoms with Crippen molar-refractivity contribution in [2.45, 2.75) is 38.5 Å². The van der Waals surface area contributed by atoms with E-state index >= 15 is 0 Å². The Morgan fingerprint density at radius 2 is 1.76 bits per heavy atom. The molecular formula is C23H28N2O3S. The summed E-state index contributed by atoms with van der Waals surface area (Å²) in [5, 5.41) is 2.94. The van der Waals surface area contributed by atoms with Gasteiger partial charge in [-0.1, -0.05) is 45.0 Å². The molecule has 1 atom stereocenters. The van der Waals surface area contributed by atoms with Crippen molar-refractivity contribution in [2.75, 3.05) is 24.2 Å². The van der Waals surface area contributed by atoms with Crippen LogP contribution in [-0.4, -0.2) is 35.8 Å². The summed E-state index contributed by atoms with van der Waals surface area (Å²) in [4.78, 5) is 26.5. The third-order valence-electron chi connectivity index (χ3n) is 4.86. The number of hydrogen-bond donors (Lipinski definition) is 1. The van der Waals surface area contributed by atoms with E-state index in [1.165, 1.54) is 5.56 Å². The van der Waals surface area contributed by atoms with Crippen LogP contribution < -0.4 is 5.32 Å². The maximum atomic E-state index is 12.9. The highest BCUT2D eigenvalue weighted by Gasteiger charge is 2.31. The van der Waals surface area contributed by atoms with Crippen molar-refractivity contribution in [1.82, 2.24) is 4.90 Å². The zero-order valence-corrected chi connectivity index (χ0v) is 18.2. The van der Waals surface area contributed by atoms with Crippen molar-refractivity contribution in [2.24, 2.45) is 0 Å². The van der Waals surface area contributed by atoms with Gasteiger partial charge in [-0.15, -0.1) is 11.8 Å². The quantitative estimate of drug-likeness (QED) is 0.679. The maximum absolute atomic E-state index is 12.9. The monoisotopic (exact) mass is 412 g/mol. The highest BCUT2D eigenvalue weighted by atomic mass is 32.2. The molecule has 2 aromatic carbocycles. The predicted octanol–water partition coefficient (Wildman–Crippen LogP) is 5.44. The summed E-state index contributed by atoms with van der Waals surface area (Å²) in [7, 11) is 0. The lowest BCUT2D eigenvalue weighted by molar-refractivity contribution is 0.0526. The molecule has 0 aliphatic carbocycles. The minimum absolute atomic E-state index is 0.00261. The molecule has 29 heavy (non-hydrogen) atoms. The number of hydrogen-bond acceptors (Lipinski definition) is 4. The second-order valence-corrected chi connectivity index (χ2v) is 9.20. The number of nitrogens with one attached hydrogen (secondary N) is 1. The fraction of sp³-hybridized carbons (Fsp3) is 0.391. The fourth-order valence-electron chi connectivity index (χ4n) is 3.20. The first-order valence-electron chi connectivity index (χ1n) is 9.86. The normalized spacial score (nSPS) is 16.6. The molecule has 0 unspecified atom stereocenters. The van der Waals surface area contributed by atoms with Gasteiger partial charge >= 0.3 is 12.0 Å². The van der Waals surface area contributed by atoms with Gasteiger partial charge in [-0.25, -0.2) is 9.59 Å². The lowest BCUT2D eigenvalue weighted by Crippen LogP contribution is -2.34. The smallest absolute Gasteiger partial charge is 0.338 e. The number of urea groups is 1. The van der Waals surface area contributed by atoms with E-state index in [0.29, 0.717) is 24.4 Å². The number of thioether (sulfide) groups is 1. The van der Waals surface area contributed by atoms with Crippen molar-refractivity contribution in [3.63, 3.8) is 0 Å². The number of ether oxygens (including phenoxy) is 1. The molecule has 1 saturated heterocycles. The molecule has 0 aromatic heterocycles. The molecule has 0 radical (unpaired) electrons. The second kappa shape index (κ2) is 8.91. The van der Waals surface area contributed by atoms with Crippen LogP contribution in [0.2, 0.25) is 0 Å². The molecule has 1 aliphatic heterocycles. The van der Waals surface area contributed by atoms with Gasteiger partial charge in [0, 0.05) is 18.0 Å². The van der Waals surface area contributed by atoms with Crippen LogP contribution in [0.25, 0.3) is 0 Å². The average molecular weight is 413 g/mol. The second-order valence-electron chi connectivity index (χ2n) is 8.02. The molecule has 1 heterocycles. The van der Waals surface area contributed by atoms with Crippen LogP contribution >= 0.6 is 11.8 Å². The third-order valence-corrected chi connectivity index (χ3v) is 6.12. The molecule has 2 aromatic rings. The maximum Gasteiger partial charge on any atom is 0.338 e. The van der Waals surface area contributed by atoms with Crippen LogP contribution in [0.3, 0.4) is 0 Å². The first kappa shape index (κ1) is 21.2. The molecule has 3 rings (SSSR count). The third kappa shape index (κ3) is 5.12. The van der Waals surface area contributed by atoms with Crippen molar-refractivity contribution in [3.05, 3.63) is 65.2 Å². The van der Waals surface area contributed by atoms with Crippen molar-refractivity contribution in [1.29, 1.82) is 0 Å². The van der Waals surface area contributed by atoms with Crippen molar-refractivity contribution >= 4 is 29.4 Å². The zero-order chi connectivity index (χ0) is 21.0. The SMILES string of the molecule is CCOC(=O)c1ccc(NC(=O)N2CCS[C@@H]2c2ccc(C(C)(C)C)cc2)cc1. The number of rotatable bonds is 4. The summed E-state index contributed by atoms with van der Waals surface area (Å²) in [5.41, 5.74) is 3.64. The van der Waals surface area contributed by atoms with Gasteiger partial charge in [-0.05, 0) is 47.7 Å². The van der Waals surface area contributed by atoms with Gasteiger partial charge in [0.15, 0.2) is 0 Å². The van der Waals surface area contributed by atoms with E-state index in [9.17, 15) is 9.59 Å². The van der Waals surface area contributed by atoms with E-state index in [1.807, 2.05) is 4.90 Å². The Kier molecular flexibility index (Phi) is 6.52. The van der Waals surface area contributed by atoms with Crippen LogP contribution in [0.4, 0.5) is 10.5 Å². The highest BCUT2D eigenvalue weighted by molar-refractivity contribution is 7.99. The van der Waals surface area contributed by atoms with Crippen LogP contribution in [0.15, 0.2) is 48.5 Å². The largest absolute Gasteiger partial charge is 0.462 e. The van der Waals surface area contributed by atoms with Gasteiger partial charge in [-0.2, -0.15) is 0 Å². The molecule has 5 nitrogen and oxygen atoms in total. The van der Waals surface area contributed by atoms with Gasteiger partial charge < -0.3 is 15.0 Å². The lowest BCUT2D eigenvalue weighted by atomic mass is 9.87. The van der Waals surface area contributed by atoms with Crippen LogP contribution in [-0.2, 0) is 10.2 Å². The first-order valence-corrected chi connectivity index (χ1v) is 10.9. The van der Waals surface area contributed by atoms with E-state index in [2.05, 4.69) is 50.4 Å². The Bertz CT molecular complexity index is 857. The summed E-state index contributed by atoms with van der Waals surface area (Å²) < 4.78 is 4.99. The first-order chi connectivity index (χ1) is 13.8. The summed E-state index contributed by atoms with van der Waals surface area (Å²) in [5.74, 6) is 0.543. The molecule has 0 bridgehead atoms. The van der Waals surface area contributed by atoms with Gasteiger partial charge in [0.25, 0.3) is 0 Å². The van der Waals surface area contributed by atoms with Gasteiger partial charge in [0.05, 0.1) is 12.2 Å². The summed E-state index contributed by atoms with van der Waals surface area (Å²) >= 11 is 1.77. The topological polar surface area (TPSA) is 58.6 Å². The van der Waals surface area contributed by atoms with Crippen molar-refractivity contribution in [3.8, 4) is 0 Å². The Hall–Kier alpha value is -2.47. The molecule has 6 heteroatoms. The van der Waals surface area contributed by atoms with Crippen LogP contribution in [0.1, 0.15) is 54.6 Å². The number of carbonyl (C=O) groups excluding carboxylic acids is 2. The molecule has 154 valence electrons. The number of nitrogens with zero attached hydrogens (tertiary/aromatic N) is 1. The molecule has 1 N–H and O–H groups in total. The molecule has 1 aliphatic rings. The number of carbonyl (C=O) groups is 2. The molecule has 0 saturated carbocycles. The predicted molar refractivity (Wildman–Crippen MR) is 118 cm³/mol.